The summed E-state index contributed by atoms with van der Waals surface area (Å²) in [4.78, 5) is 21.8. The van der Waals surface area contributed by atoms with Gasteiger partial charge in [-0.2, -0.15) is 0 Å². The fraction of sp³-hybridized carbons (Fsp3) is 0.273. The van der Waals surface area contributed by atoms with Gasteiger partial charge in [0.25, 0.3) is 0 Å². The van der Waals surface area contributed by atoms with Crippen molar-refractivity contribution >= 4 is 27.6 Å². The number of carbonyl (C=O) groups excluding carboxylic acids is 1. The lowest BCUT2D eigenvalue weighted by molar-refractivity contribution is -0.136. The lowest BCUT2D eigenvalue weighted by atomic mass is 10.1. The fourth-order valence-corrected chi connectivity index (χ4v) is 2.36. The van der Waals surface area contributed by atoms with Gasteiger partial charge in [0.1, 0.15) is 0 Å². The van der Waals surface area contributed by atoms with Crippen LogP contribution in [0.3, 0.4) is 0 Å². The van der Waals surface area contributed by atoms with E-state index in [1.165, 1.54) is 25.1 Å². The number of anilines is 1. The molecule has 1 atom stereocenters. The van der Waals surface area contributed by atoms with Crippen LogP contribution in [0.15, 0.2) is 18.2 Å². The summed E-state index contributed by atoms with van der Waals surface area (Å²) in [5.41, 5.74) is 5.79. The van der Waals surface area contributed by atoms with E-state index in [9.17, 15) is 18.0 Å². The summed E-state index contributed by atoms with van der Waals surface area (Å²) in [7, 11) is -4.08. The Bertz CT molecular complexity index is 624. The number of benzene rings is 1. The number of nitrogens with two attached hydrogens (primary N) is 1. The van der Waals surface area contributed by atoms with E-state index >= 15 is 0 Å². The van der Waals surface area contributed by atoms with Crippen molar-refractivity contribution in [3.05, 3.63) is 29.3 Å². The number of sulfonamides is 1. The first-order valence-electron chi connectivity index (χ1n) is 5.30. The van der Waals surface area contributed by atoms with Gasteiger partial charge in [-0.3, -0.25) is 14.3 Å². The predicted octanol–water partition coefficient (Wildman–Crippen LogP) is 0.309. The largest absolute Gasteiger partial charge is 0.480 e. The van der Waals surface area contributed by atoms with Gasteiger partial charge in [0, 0.05) is 5.56 Å². The van der Waals surface area contributed by atoms with Crippen molar-refractivity contribution in [2.24, 2.45) is 5.73 Å². The number of hydrogen-bond donors (Lipinski definition) is 3. The topological polar surface area (TPSA) is 127 Å². The number of hydrogen-bond acceptors (Lipinski definition) is 4. The normalized spacial score (nSPS) is 12.7. The third-order valence-corrected chi connectivity index (χ3v) is 4.30. The smallest absolute Gasteiger partial charge is 0.323 e. The maximum absolute atomic E-state index is 11.8. The van der Waals surface area contributed by atoms with Crippen LogP contribution in [-0.4, -0.2) is 30.7 Å². The molecule has 104 valence electrons. The molecule has 7 nitrogen and oxygen atoms in total. The first-order chi connectivity index (χ1) is 8.66. The van der Waals surface area contributed by atoms with Crippen LogP contribution >= 0.6 is 0 Å². The molecular weight excluding hydrogens is 272 g/mol. The summed E-state index contributed by atoms with van der Waals surface area (Å²) in [6, 6.07) is 4.33. The molecule has 1 rings (SSSR count). The molecule has 0 aromatic heterocycles. The zero-order chi connectivity index (χ0) is 14.8. The molecule has 1 aromatic rings. The van der Waals surface area contributed by atoms with Crippen LogP contribution in [0.4, 0.5) is 5.69 Å². The Morgan fingerprint density at radius 3 is 2.42 bits per heavy atom. The molecule has 4 N–H and O–H groups in total. The molecule has 19 heavy (non-hydrogen) atoms. The number of amides is 1. The van der Waals surface area contributed by atoms with Crippen molar-refractivity contribution in [1.82, 2.24) is 0 Å². The van der Waals surface area contributed by atoms with Gasteiger partial charge in [-0.25, -0.2) is 8.42 Å². The molecule has 0 aliphatic rings. The summed E-state index contributed by atoms with van der Waals surface area (Å²) < 4.78 is 25.7. The second-order valence-electron chi connectivity index (χ2n) is 3.97. The number of carbonyl (C=O) groups is 2. The number of carboxylic acids is 1. The highest BCUT2D eigenvalue weighted by Crippen LogP contribution is 2.20. The Morgan fingerprint density at radius 2 is 1.95 bits per heavy atom. The van der Waals surface area contributed by atoms with Crippen molar-refractivity contribution in [3.8, 4) is 0 Å². The Morgan fingerprint density at radius 1 is 1.37 bits per heavy atom. The highest BCUT2D eigenvalue weighted by atomic mass is 32.2. The first-order valence-corrected chi connectivity index (χ1v) is 6.85. The quantitative estimate of drug-likeness (QED) is 0.718. The molecule has 0 saturated heterocycles. The maximum atomic E-state index is 11.8. The van der Waals surface area contributed by atoms with Gasteiger partial charge in [-0.05, 0) is 31.5 Å². The monoisotopic (exact) mass is 286 g/mol. The van der Waals surface area contributed by atoms with Crippen LogP contribution in [0.25, 0.3) is 0 Å². The third-order valence-electron chi connectivity index (χ3n) is 2.66. The van der Waals surface area contributed by atoms with E-state index in [1.54, 1.807) is 0 Å². The van der Waals surface area contributed by atoms with Gasteiger partial charge >= 0.3 is 5.97 Å². The number of nitrogens with one attached hydrogen (secondary N) is 1. The summed E-state index contributed by atoms with van der Waals surface area (Å²) in [6.45, 7) is 2.57. The van der Waals surface area contributed by atoms with E-state index in [0.717, 1.165) is 6.92 Å². The minimum atomic E-state index is -4.08. The second-order valence-corrected chi connectivity index (χ2v) is 5.97. The van der Waals surface area contributed by atoms with E-state index in [1.807, 2.05) is 0 Å². The van der Waals surface area contributed by atoms with Crippen molar-refractivity contribution < 1.29 is 23.1 Å². The molecule has 0 radical (unpaired) electrons. The van der Waals surface area contributed by atoms with E-state index in [0.29, 0.717) is 5.56 Å². The highest BCUT2D eigenvalue weighted by molar-refractivity contribution is 7.94. The molecule has 0 aliphatic carbocycles. The van der Waals surface area contributed by atoms with E-state index < -0.39 is 27.1 Å². The SMILES string of the molecule is Cc1c(NS(=O)(=O)C(C)C(=O)O)cccc1C(N)=O. The van der Waals surface area contributed by atoms with Crippen LogP contribution in [-0.2, 0) is 14.8 Å². The Labute approximate surface area is 110 Å². The summed E-state index contributed by atoms with van der Waals surface area (Å²) >= 11 is 0. The molecule has 0 fully saturated rings. The second kappa shape index (κ2) is 5.27. The van der Waals surface area contributed by atoms with Crippen LogP contribution in [0.2, 0.25) is 0 Å². The van der Waals surface area contributed by atoms with Gasteiger partial charge in [-0.15, -0.1) is 0 Å². The van der Waals surface area contributed by atoms with Gasteiger partial charge in [0.05, 0.1) is 5.69 Å². The molecule has 0 heterocycles. The summed E-state index contributed by atoms with van der Waals surface area (Å²) in [5.74, 6) is -2.15. The summed E-state index contributed by atoms with van der Waals surface area (Å²) in [6.07, 6.45) is 0. The minimum Gasteiger partial charge on any atom is -0.480 e. The molecule has 0 bridgehead atoms. The zero-order valence-corrected chi connectivity index (χ0v) is 11.2. The number of primary amides is 1. The van der Waals surface area contributed by atoms with Gasteiger partial charge in [-0.1, -0.05) is 6.07 Å². The fourth-order valence-electron chi connectivity index (χ4n) is 1.39. The zero-order valence-electron chi connectivity index (χ0n) is 10.4. The average molecular weight is 286 g/mol. The van der Waals surface area contributed by atoms with Crippen LogP contribution in [0.5, 0.6) is 0 Å². The molecule has 0 saturated carbocycles. The molecule has 0 aliphatic heterocycles. The van der Waals surface area contributed by atoms with Gasteiger partial charge in [0.15, 0.2) is 5.25 Å². The Balaban J connectivity index is 3.18. The number of aliphatic carboxylic acids is 1. The maximum Gasteiger partial charge on any atom is 0.323 e. The van der Waals surface area contributed by atoms with Gasteiger partial charge in [0.2, 0.25) is 15.9 Å². The van der Waals surface area contributed by atoms with Crippen LogP contribution in [0.1, 0.15) is 22.8 Å². The molecule has 1 amide bonds. The first kappa shape index (κ1) is 15.0. The lowest BCUT2D eigenvalue weighted by Crippen LogP contribution is -2.32. The van der Waals surface area contributed by atoms with Crippen LogP contribution < -0.4 is 10.5 Å². The Hall–Kier alpha value is -2.09. The third kappa shape index (κ3) is 3.22. The highest BCUT2D eigenvalue weighted by Gasteiger charge is 2.28. The van der Waals surface area contributed by atoms with Gasteiger partial charge < -0.3 is 10.8 Å². The number of rotatable bonds is 5. The molecule has 8 heteroatoms. The van der Waals surface area contributed by atoms with E-state index in [-0.39, 0.29) is 11.3 Å². The molecular formula is C11H14N2O5S. The Kier molecular flexibility index (Phi) is 4.15. The lowest BCUT2D eigenvalue weighted by Gasteiger charge is -2.14. The standard InChI is InChI=1S/C11H14N2O5S/c1-6-8(10(12)14)4-3-5-9(6)13-19(17,18)7(2)11(15)16/h3-5,7,13H,1-2H3,(H2,12,14)(H,15,16). The molecule has 1 unspecified atom stereocenters. The average Bonchev–Trinajstić information content (AvgIpc) is 2.30. The van der Waals surface area contributed by atoms with Crippen molar-refractivity contribution in [3.63, 3.8) is 0 Å². The van der Waals surface area contributed by atoms with Crippen molar-refractivity contribution in [1.29, 1.82) is 0 Å². The summed E-state index contributed by atoms with van der Waals surface area (Å²) in [5, 5.41) is 7.11. The number of carboxylic acid groups (broad SMARTS) is 1. The predicted molar refractivity (Wildman–Crippen MR) is 69.3 cm³/mol. The van der Waals surface area contributed by atoms with Crippen LogP contribution in [0, 0.1) is 6.92 Å². The van der Waals surface area contributed by atoms with Crippen molar-refractivity contribution in [2.75, 3.05) is 4.72 Å². The minimum absolute atomic E-state index is 0.129. The van der Waals surface area contributed by atoms with E-state index in [2.05, 4.69) is 4.72 Å². The van der Waals surface area contributed by atoms with E-state index in [4.69, 9.17) is 10.8 Å². The van der Waals surface area contributed by atoms with Crippen molar-refractivity contribution in [2.45, 2.75) is 19.1 Å². The molecule has 0 spiro atoms. The molecule has 1 aromatic carbocycles.